The third-order valence-corrected chi connectivity index (χ3v) is 16.3. The number of likely N-dealkylation sites (tertiary alicyclic amines) is 2. The van der Waals surface area contributed by atoms with Crippen LogP contribution in [0, 0.1) is 23.5 Å². The molecule has 19 heteroatoms. The minimum absolute atomic E-state index is 0.00625. The number of hydrogen-bond acceptors (Lipinski definition) is 10. The highest BCUT2D eigenvalue weighted by molar-refractivity contribution is 6.34. The van der Waals surface area contributed by atoms with Crippen LogP contribution in [0.1, 0.15) is 85.7 Å². The number of anilines is 2. The van der Waals surface area contributed by atoms with Crippen LogP contribution in [0.2, 0.25) is 5.02 Å². The number of fused-ring (bicyclic) bond motifs is 2. The largest absolute Gasteiger partial charge is 0.494 e. The first-order valence-corrected chi connectivity index (χ1v) is 25.6. The molecular weight excluding hydrogens is 960 g/mol. The maximum absolute atomic E-state index is 16.2. The lowest BCUT2D eigenvalue weighted by molar-refractivity contribution is -0.143. The number of aromatic nitrogens is 2. The highest BCUT2D eigenvalue weighted by Crippen LogP contribution is 2.58. The van der Waals surface area contributed by atoms with Crippen molar-refractivity contribution < 1.29 is 42.2 Å². The van der Waals surface area contributed by atoms with Crippen molar-refractivity contribution in [2.24, 2.45) is 24.6 Å². The van der Waals surface area contributed by atoms with Gasteiger partial charge in [0.15, 0.2) is 17.4 Å². The van der Waals surface area contributed by atoms with Crippen LogP contribution in [0.4, 0.5) is 25.1 Å². The number of nitrogens with one attached hydrogen (secondary N) is 2. The summed E-state index contributed by atoms with van der Waals surface area (Å²) in [6.45, 7) is 6.51. The van der Waals surface area contributed by atoms with Crippen molar-refractivity contribution in [2.45, 2.75) is 75.9 Å². The molecule has 0 saturated carbocycles. The van der Waals surface area contributed by atoms with Crippen LogP contribution < -0.4 is 35.6 Å². The number of methoxy groups -OCH3 is 1. The summed E-state index contributed by atoms with van der Waals surface area (Å²) in [7, 11) is 3.13. The maximum Gasteiger partial charge on any atom is 0.329 e. The number of carbonyl (C=O) groups excluding carboxylic acids is 5. The summed E-state index contributed by atoms with van der Waals surface area (Å²) in [5, 5.41) is 11.1. The van der Waals surface area contributed by atoms with Gasteiger partial charge in [-0.3, -0.25) is 34.1 Å². The highest BCUT2D eigenvalue weighted by Gasteiger charge is 2.50. The zero-order valence-corrected chi connectivity index (χ0v) is 42.0. The molecule has 6 amide bonds. The first-order valence-electron chi connectivity index (χ1n) is 25.2. The van der Waals surface area contributed by atoms with Gasteiger partial charge in [0.25, 0.3) is 0 Å². The molecule has 4 N–H and O–H groups in total. The lowest BCUT2D eigenvalue weighted by Crippen LogP contribution is -2.50. The number of ether oxygens (including phenoxy) is 2. The van der Waals surface area contributed by atoms with Gasteiger partial charge >= 0.3 is 6.03 Å². The van der Waals surface area contributed by atoms with Crippen LogP contribution in [0.25, 0.3) is 22.0 Å². The average molecular weight is 1020 g/mol. The topological polar surface area (TPSA) is 185 Å². The molecule has 4 aromatic carbocycles. The molecule has 0 unspecified atom stereocenters. The molecule has 4 saturated heterocycles. The minimum atomic E-state index is -1.03. The quantitative estimate of drug-likeness (QED) is 0.115. The van der Waals surface area contributed by atoms with Crippen LogP contribution in [0.3, 0.4) is 0 Å². The van der Waals surface area contributed by atoms with E-state index in [-0.39, 0.29) is 81.8 Å². The Kier molecular flexibility index (Phi) is 13.8. The van der Waals surface area contributed by atoms with Crippen molar-refractivity contribution in [3.05, 3.63) is 100 Å². The van der Waals surface area contributed by atoms with Crippen molar-refractivity contribution >= 4 is 63.7 Å². The molecule has 0 aliphatic carbocycles. The summed E-state index contributed by atoms with van der Waals surface area (Å²) in [5.74, 6) is -2.78. The average Bonchev–Trinajstić information content (AvgIpc) is 3.88. The number of aryl methyl sites for hydroxylation is 1. The van der Waals surface area contributed by atoms with Crippen LogP contribution in [-0.2, 0) is 27.0 Å². The van der Waals surface area contributed by atoms with Crippen LogP contribution in [0.5, 0.6) is 11.5 Å². The van der Waals surface area contributed by atoms with E-state index >= 15 is 8.78 Å². The SMILES string of the molecule is COc1ccc(C(N)=O)c(-c2c(Cl)c(F)cc3c2[C@H](C)[C@@](CCNC2CCN(C(=O)C4CCN(C(=O)C5CCN(c6ccc7c(N8CCC(=O)NC8=O)nn(C)c7c6)CC5)CC4)CC2)(c2ccccc2)O3)c1F. The third kappa shape index (κ3) is 9.21. The number of benzene rings is 4. The van der Waals surface area contributed by atoms with Gasteiger partial charge in [0.2, 0.25) is 23.6 Å². The Morgan fingerprint density at radius 2 is 1.53 bits per heavy atom. The summed E-state index contributed by atoms with van der Waals surface area (Å²) < 4.78 is 45.8. The minimum Gasteiger partial charge on any atom is -0.494 e. The van der Waals surface area contributed by atoms with Gasteiger partial charge in [0.05, 0.1) is 23.2 Å². The van der Waals surface area contributed by atoms with Gasteiger partial charge in [-0.2, -0.15) is 5.10 Å². The molecular formula is C54H60ClF2N9O7. The number of amides is 6. The first-order chi connectivity index (χ1) is 35.2. The second-order valence-electron chi connectivity index (χ2n) is 20.0. The first kappa shape index (κ1) is 49.8. The Hall–Kier alpha value is -6.79. The number of imide groups is 1. The highest BCUT2D eigenvalue weighted by atomic mass is 35.5. The van der Waals surface area contributed by atoms with Gasteiger partial charge in [-0.15, -0.1) is 0 Å². The van der Waals surface area contributed by atoms with Gasteiger partial charge in [-0.25, -0.2) is 13.6 Å². The van der Waals surface area contributed by atoms with Gasteiger partial charge in [-0.1, -0.05) is 48.9 Å². The summed E-state index contributed by atoms with van der Waals surface area (Å²) in [5.41, 5.74) is 7.46. The maximum atomic E-state index is 16.2. The molecule has 73 heavy (non-hydrogen) atoms. The Labute approximate surface area is 427 Å². The number of halogens is 3. The predicted octanol–water partition coefficient (Wildman–Crippen LogP) is 7.24. The zero-order chi connectivity index (χ0) is 51.3. The second kappa shape index (κ2) is 20.3. The number of nitrogens with zero attached hydrogens (tertiary/aromatic N) is 6. The van der Waals surface area contributed by atoms with Crippen LogP contribution in [0.15, 0.2) is 66.7 Å². The lowest BCUT2D eigenvalue weighted by atomic mass is 9.75. The molecule has 6 heterocycles. The standard InChI is InChI=1S/C54H60ClF2N9O7/c1-31-44-42(30-39(56)47(55)46(44)45-38(49(58)68)11-12-41(72-3)48(45)57)73-54(31,34-7-5-4-6-8-34)20-21-59-35-17-26-65(27-18-35)52(70)33-15-24-64(25-16-33)51(69)32-13-22-63(23-14-32)36-9-10-37-40(29-36)62(2)61-50(37)66-28-19-43(67)60-53(66)71/h4-12,29-33,35,59H,13-28H2,1-3H3,(H2,58,68)(H,60,67,71)/t31-,54-/m0/s1. The Balaban J connectivity index is 0.717. The summed E-state index contributed by atoms with van der Waals surface area (Å²) in [6, 6.07) is 19.2. The molecule has 0 radical (unpaired) electrons. The van der Waals surface area contributed by atoms with E-state index in [1.807, 2.05) is 66.2 Å². The second-order valence-corrected chi connectivity index (χ2v) is 20.4. The Bertz CT molecular complexity index is 2990. The predicted molar refractivity (Wildman–Crippen MR) is 272 cm³/mol. The number of piperidine rings is 3. The number of nitrogens with two attached hydrogens (primary N) is 1. The van der Waals surface area contributed by atoms with E-state index in [1.165, 1.54) is 30.2 Å². The number of hydrogen-bond donors (Lipinski definition) is 3. The van der Waals surface area contributed by atoms with Crippen molar-refractivity contribution in [1.29, 1.82) is 0 Å². The molecule has 2 atom stereocenters. The molecule has 5 aromatic rings. The summed E-state index contributed by atoms with van der Waals surface area (Å²) in [4.78, 5) is 72.4. The van der Waals surface area contributed by atoms with Gasteiger partial charge in [-0.05, 0) is 81.0 Å². The summed E-state index contributed by atoms with van der Waals surface area (Å²) >= 11 is 6.69. The molecule has 10 rings (SSSR count). The lowest BCUT2D eigenvalue weighted by Gasteiger charge is -2.40. The van der Waals surface area contributed by atoms with Gasteiger partial charge in [0, 0.05) is 123 Å². The monoisotopic (exact) mass is 1020 g/mol. The fraction of sp³-hybridized carbons (Fsp3) is 0.444. The van der Waals surface area contributed by atoms with Crippen molar-refractivity contribution in [3.8, 4) is 22.6 Å². The van der Waals surface area contributed by atoms with Crippen LogP contribution >= 0.6 is 11.6 Å². The van der Waals surface area contributed by atoms with E-state index in [9.17, 15) is 24.0 Å². The molecule has 4 fully saturated rings. The normalized spacial score (nSPS) is 21.1. The third-order valence-electron chi connectivity index (χ3n) is 16.0. The van der Waals surface area contributed by atoms with Gasteiger partial charge < -0.3 is 35.2 Å². The molecule has 384 valence electrons. The number of primary amides is 1. The zero-order valence-electron chi connectivity index (χ0n) is 41.2. The number of rotatable bonds is 12. The smallest absolute Gasteiger partial charge is 0.329 e. The van der Waals surface area contributed by atoms with E-state index in [2.05, 4.69) is 26.7 Å². The number of urea groups is 1. The fourth-order valence-electron chi connectivity index (χ4n) is 11.9. The molecule has 5 aliphatic heterocycles. The van der Waals surface area contributed by atoms with Crippen molar-refractivity contribution in [2.75, 3.05) is 69.3 Å². The number of carbonyl (C=O) groups is 5. The van der Waals surface area contributed by atoms with Crippen molar-refractivity contribution in [3.63, 3.8) is 0 Å². The molecule has 5 aliphatic rings. The van der Waals surface area contributed by atoms with Crippen LogP contribution in [-0.4, -0.2) is 115 Å². The van der Waals surface area contributed by atoms with E-state index in [0.717, 1.165) is 60.9 Å². The van der Waals surface area contributed by atoms with E-state index < -0.39 is 35.1 Å². The Morgan fingerprint density at radius 3 is 2.18 bits per heavy atom. The molecule has 16 nitrogen and oxygen atoms in total. The molecule has 0 spiro atoms. The van der Waals surface area contributed by atoms with E-state index in [4.69, 9.17) is 26.8 Å². The van der Waals surface area contributed by atoms with E-state index in [1.54, 1.807) is 4.68 Å². The Morgan fingerprint density at radius 1 is 0.877 bits per heavy atom. The van der Waals surface area contributed by atoms with E-state index in [0.29, 0.717) is 63.4 Å². The van der Waals surface area contributed by atoms with Crippen molar-refractivity contribution in [1.82, 2.24) is 30.2 Å². The molecule has 1 aromatic heterocycles. The molecule has 0 bridgehead atoms. The summed E-state index contributed by atoms with van der Waals surface area (Å²) in [6.07, 6.45) is 4.90. The fourth-order valence-corrected chi connectivity index (χ4v) is 12.2. The van der Waals surface area contributed by atoms with Gasteiger partial charge in [0.1, 0.15) is 17.2 Å².